The van der Waals surface area contributed by atoms with E-state index in [2.05, 4.69) is 16.1 Å². The van der Waals surface area contributed by atoms with E-state index in [1.807, 2.05) is 13.1 Å². The molecule has 2 heterocycles. The predicted molar refractivity (Wildman–Crippen MR) is 41.6 cm³/mol. The third kappa shape index (κ3) is 0.504. The molecule has 2 unspecified atom stereocenters. The van der Waals surface area contributed by atoms with Crippen molar-refractivity contribution in [1.29, 1.82) is 0 Å². The number of aliphatic imine (C=N–C) groups is 2. The predicted octanol–water partition coefficient (Wildman–Crippen LogP) is 1.12. The van der Waals surface area contributed by atoms with Crippen molar-refractivity contribution in [2.24, 2.45) is 15.9 Å². The lowest BCUT2D eigenvalue weighted by molar-refractivity contribution is 0.235. The van der Waals surface area contributed by atoms with E-state index in [1.54, 1.807) is 0 Å². The molecule has 2 atom stereocenters. The summed E-state index contributed by atoms with van der Waals surface area (Å²) in [4.78, 5) is 8.40. The van der Waals surface area contributed by atoms with Crippen LogP contribution in [0, 0.1) is 5.92 Å². The van der Waals surface area contributed by atoms with Gasteiger partial charge in [-0.05, 0) is 0 Å². The minimum atomic E-state index is -0.112. The molecular formula is C8H8N2O. The van der Waals surface area contributed by atoms with Gasteiger partial charge in [-0.15, -0.1) is 0 Å². The molecule has 1 saturated carbocycles. The maximum Gasteiger partial charge on any atom is 0.187 e. The first kappa shape index (κ1) is 5.52. The number of amidine groups is 1. The van der Waals surface area contributed by atoms with Gasteiger partial charge in [0.1, 0.15) is 0 Å². The summed E-state index contributed by atoms with van der Waals surface area (Å²) >= 11 is 0. The van der Waals surface area contributed by atoms with Crippen LogP contribution >= 0.6 is 0 Å². The first-order chi connectivity index (χ1) is 5.31. The van der Waals surface area contributed by atoms with Gasteiger partial charge >= 0.3 is 0 Å². The zero-order chi connectivity index (χ0) is 7.47. The molecule has 2 aliphatic heterocycles. The van der Waals surface area contributed by atoms with Gasteiger partial charge < -0.3 is 4.74 Å². The molecule has 3 nitrogen and oxygen atoms in total. The molecule has 0 amide bonds. The van der Waals surface area contributed by atoms with Gasteiger partial charge in [0.25, 0.3) is 0 Å². The highest BCUT2D eigenvalue weighted by molar-refractivity contribution is 6.07. The average Bonchev–Trinajstić information content (AvgIpc) is 2.55. The summed E-state index contributed by atoms with van der Waals surface area (Å²) in [5.74, 6) is 2.17. The van der Waals surface area contributed by atoms with Crippen molar-refractivity contribution in [3.05, 3.63) is 12.3 Å². The van der Waals surface area contributed by atoms with E-state index in [4.69, 9.17) is 4.74 Å². The van der Waals surface area contributed by atoms with Crippen molar-refractivity contribution < 1.29 is 4.74 Å². The molecule has 0 radical (unpaired) electrons. The van der Waals surface area contributed by atoms with Crippen LogP contribution in [-0.4, -0.2) is 17.3 Å². The highest BCUT2D eigenvalue weighted by Gasteiger charge is 2.63. The third-order valence-corrected chi connectivity index (χ3v) is 2.45. The first-order valence-electron chi connectivity index (χ1n) is 3.80. The van der Waals surface area contributed by atoms with Gasteiger partial charge in [-0.2, -0.15) is 4.99 Å². The van der Waals surface area contributed by atoms with Crippen molar-refractivity contribution in [2.45, 2.75) is 18.9 Å². The molecule has 0 bridgehead atoms. The normalized spacial score (nSPS) is 43.5. The minimum absolute atomic E-state index is 0.112. The van der Waals surface area contributed by atoms with Crippen LogP contribution in [0.4, 0.5) is 0 Å². The quantitative estimate of drug-likeness (QED) is 0.506. The number of ether oxygens (including phenoxy) is 1. The highest BCUT2D eigenvalue weighted by atomic mass is 16.5. The Balaban J connectivity index is 2.13. The van der Waals surface area contributed by atoms with Gasteiger partial charge in [0, 0.05) is 25.5 Å². The molecule has 0 N–H and O–H groups in total. The van der Waals surface area contributed by atoms with Crippen molar-refractivity contribution >= 4 is 11.7 Å². The van der Waals surface area contributed by atoms with Gasteiger partial charge in [0.2, 0.25) is 0 Å². The fraction of sp³-hybridized carbons (Fsp3) is 0.500. The maximum absolute atomic E-state index is 5.59. The average molecular weight is 148 g/mol. The zero-order valence-corrected chi connectivity index (χ0v) is 6.24. The Bertz CT molecular complexity index is 316. The monoisotopic (exact) mass is 148 g/mol. The second-order valence-electron chi connectivity index (χ2n) is 3.23. The molecule has 11 heavy (non-hydrogen) atoms. The Kier molecular flexibility index (Phi) is 0.700. The van der Waals surface area contributed by atoms with E-state index in [1.165, 1.54) is 0 Å². The van der Waals surface area contributed by atoms with E-state index < -0.39 is 0 Å². The van der Waals surface area contributed by atoms with Crippen molar-refractivity contribution in [1.82, 2.24) is 0 Å². The van der Waals surface area contributed by atoms with Crippen LogP contribution < -0.4 is 0 Å². The Morgan fingerprint density at radius 1 is 1.73 bits per heavy atom. The van der Waals surface area contributed by atoms with Gasteiger partial charge in [-0.1, -0.05) is 6.08 Å². The van der Waals surface area contributed by atoms with Crippen LogP contribution in [0.5, 0.6) is 0 Å². The lowest BCUT2D eigenvalue weighted by Gasteiger charge is -2.10. The van der Waals surface area contributed by atoms with Crippen molar-refractivity contribution in [3.63, 3.8) is 0 Å². The molecule has 0 saturated heterocycles. The van der Waals surface area contributed by atoms with Crippen molar-refractivity contribution in [2.75, 3.05) is 0 Å². The first-order valence-corrected chi connectivity index (χ1v) is 3.80. The van der Waals surface area contributed by atoms with Crippen molar-refractivity contribution in [3.8, 4) is 0 Å². The highest BCUT2D eigenvalue weighted by Crippen LogP contribution is 2.53. The Hall–Kier alpha value is -1.12. The topological polar surface area (TPSA) is 34.0 Å². The molecule has 1 aliphatic carbocycles. The van der Waals surface area contributed by atoms with Gasteiger partial charge in [0.15, 0.2) is 17.3 Å². The second kappa shape index (κ2) is 1.40. The lowest BCUT2D eigenvalue weighted by Crippen LogP contribution is -2.22. The molecule has 3 rings (SSSR count). The van der Waals surface area contributed by atoms with E-state index >= 15 is 0 Å². The number of hydrogen-bond acceptors (Lipinski definition) is 3. The van der Waals surface area contributed by atoms with Gasteiger partial charge in [0.05, 0.1) is 0 Å². The Labute approximate surface area is 64.5 Å². The summed E-state index contributed by atoms with van der Waals surface area (Å²) in [6.07, 6.45) is 4.98. The molecule has 3 aliphatic rings. The summed E-state index contributed by atoms with van der Waals surface area (Å²) in [6.45, 7) is 1.88. The number of rotatable bonds is 0. The standard InChI is InChI=1S/C8H8N2O/c1-5-10-7-8(11-5)4-6(8)2-3-9-7/h2-3,6H,4H2,1H3. The molecular weight excluding hydrogens is 140 g/mol. The fourth-order valence-corrected chi connectivity index (χ4v) is 1.80. The Morgan fingerprint density at radius 3 is 3.45 bits per heavy atom. The molecule has 0 aromatic heterocycles. The van der Waals surface area contributed by atoms with Gasteiger partial charge in [-0.25, -0.2) is 4.99 Å². The summed E-state index contributed by atoms with van der Waals surface area (Å²) in [5.41, 5.74) is -0.112. The summed E-state index contributed by atoms with van der Waals surface area (Å²) < 4.78 is 5.59. The zero-order valence-electron chi connectivity index (χ0n) is 6.24. The number of nitrogens with zero attached hydrogens (tertiary/aromatic N) is 2. The van der Waals surface area contributed by atoms with Crippen LogP contribution in [0.2, 0.25) is 0 Å². The second-order valence-corrected chi connectivity index (χ2v) is 3.23. The minimum Gasteiger partial charge on any atom is -0.466 e. The molecule has 1 spiro atoms. The fourth-order valence-electron chi connectivity index (χ4n) is 1.80. The van der Waals surface area contributed by atoms with Crippen LogP contribution in [0.1, 0.15) is 13.3 Å². The number of hydrogen-bond donors (Lipinski definition) is 0. The lowest BCUT2D eigenvalue weighted by atomic mass is 10.2. The third-order valence-electron chi connectivity index (χ3n) is 2.45. The van der Waals surface area contributed by atoms with Gasteiger partial charge in [-0.3, -0.25) is 0 Å². The van der Waals surface area contributed by atoms with E-state index in [9.17, 15) is 0 Å². The van der Waals surface area contributed by atoms with E-state index in [0.717, 1.165) is 18.2 Å². The molecule has 56 valence electrons. The Morgan fingerprint density at radius 2 is 2.64 bits per heavy atom. The summed E-state index contributed by atoms with van der Waals surface area (Å²) in [7, 11) is 0. The van der Waals surface area contributed by atoms with E-state index in [-0.39, 0.29) is 5.60 Å². The van der Waals surface area contributed by atoms with E-state index in [0.29, 0.717) is 5.92 Å². The SMILES string of the molecule is CC1=NC2=NC=CC3CC23O1. The van der Waals surface area contributed by atoms with Crippen LogP contribution in [0.3, 0.4) is 0 Å². The molecule has 0 aromatic rings. The maximum atomic E-state index is 5.59. The summed E-state index contributed by atoms with van der Waals surface area (Å²) in [5, 5.41) is 0. The van der Waals surface area contributed by atoms with Crippen LogP contribution in [-0.2, 0) is 4.74 Å². The molecule has 3 heteroatoms. The molecule has 0 aromatic carbocycles. The largest absolute Gasteiger partial charge is 0.466 e. The molecule has 1 fully saturated rings. The van der Waals surface area contributed by atoms with Crippen LogP contribution in [0.15, 0.2) is 22.3 Å². The van der Waals surface area contributed by atoms with Crippen LogP contribution in [0.25, 0.3) is 0 Å². The smallest absolute Gasteiger partial charge is 0.187 e. The summed E-state index contributed by atoms with van der Waals surface area (Å²) in [6, 6.07) is 0.